The summed E-state index contributed by atoms with van der Waals surface area (Å²) in [6.07, 6.45) is 6.21. The molecule has 1 aliphatic rings. The molecule has 1 amide bonds. The van der Waals surface area contributed by atoms with Gasteiger partial charge in [-0.2, -0.15) is 5.10 Å². The van der Waals surface area contributed by atoms with Crippen LogP contribution in [0.4, 0.5) is 0 Å². The van der Waals surface area contributed by atoms with Gasteiger partial charge >= 0.3 is 5.69 Å². The molecule has 1 atom stereocenters. The van der Waals surface area contributed by atoms with Crippen molar-refractivity contribution in [3.63, 3.8) is 0 Å². The summed E-state index contributed by atoms with van der Waals surface area (Å²) >= 11 is 6.14. The summed E-state index contributed by atoms with van der Waals surface area (Å²) in [7, 11) is 0. The van der Waals surface area contributed by atoms with Crippen LogP contribution in [0.1, 0.15) is 36.2 Å². The molecule has 3 aromatic rings. The number of aryl methyl sites for hydroxylation is 1. The zero-order valence-corrected chi connectivity index (χ0v) is 17.4. The second-order valence-corrected chi connectivity index (χ2v) is 8.04. The maximum atomic E-state index is 12.7. The number of hydrogen-bond acceptors (Lipinski definition) is 4. The Bertz CT molecular complexity index is 1080. The van der Waals surface area contributed by atoms with Crippen molar-refractivity contribution >= 4 is 17.5 Å². The lowest BCUT2D eigenvalue weighted by atomic mass is 9.96. The number of pyridine rings is 1. The topological polar surface area (TPSA) is 81.8 Å². The van der Waals surface area contributed by atoms with Crippen LogP contribution in [0.25, 0.3) is 0 Å². The van der Waals surface area contributed by atoms with E-state index in [1.54, 1.807) is 17.0 Å². The minimum atomic E-state index is -0.0994. The van der Waals surface area contributed by atoms with Gasteiger partial charge in [-0.3, -0.25) is 14.3 Å². The van der Waals surface area contributed by atoms with Gasteiger partial charge in [-0.05, 0) is 42.0 Å². The van der Waals surface area contributed by atoms with Crippen LogP contribution in [0, 0.1) is 5.92 Å². The van der Waals surface area contributed by atoms with E-state index in [1.807, 2.05) is 36.4 Å². The molecule has 0 bridgehead atoms. The van der Waals surface area contributed by atoms with Crippen molar-refractivity contribution in [3.8, 4) is 0 Å². The van der Waals surface area contributed by atoms with Crippen molar-refractivity contribution in [2.45, 2.75) is 45.3 Å². The fourth-order valence-electron chi connectivity index (χ4n) is 3.83. The summed E-state index contributed by atoms with van der Waals surface area (Å²) in [6, 6.07) is 11.3. The molecule has 1 aromatic carbocycles. The van der Waals surface area contributed by atoms with Crippen molar-refractivity contribution in [3.05, 3.63) is 81.3 Å². The highest BCUT2D eigenvalue weighted by Crippen LogP contribution is 2.21. The Morgan fingerprint density at radius 2 is 2.07 bits per heavy atom. The van der Waals surface area contributed by atoms with Crippen LogP contribution in [0.2, 0.25) is 5.02 Å². The lowest BCUT2D eigenvalue weighted by Crippen LogP contribution is -2.27. The Hall–Kier alpha value is -2.93. The molecule has 2 aromatic heterocycles. The van der Waals surface area contributed by atoms with Gasteiger partial charge in [0.25, 0.3) is 0 Å². The summed E-state index contributed by atoms with van der Waals surface area (Å²) in [4.78, 5) is 29.2. The second-order valence-electron chi connectivity index (χ2n) is 7.64. The van der Waals surface area contributed by atoms with Gasteiger partial charge in [0.15, 0.2) is 0 Å². The maximum absolute atomic E-state index is 12.7. The van der Waals surface area contributed by atoms with Crippen LogP contribution < -0.4 is 11.0 Å². The number of fused-ring (bicyclic) bond motifs is 1. The summed E-state index contributed by atoms with van der Waals surface area (Å²) in [5, 5.41) is 8.13. The molecule has 1 aliphatic heterocycles. The Balaban J connectivity index is 1.33. The molecule has 0 aliphatic carbocycles. The van der Waals surface area contributed by atoms with E-state index in [9.17, 15) is 9.59 Å². The predicted molar refractivity (Wildman–Crippen MR) is 114 cm³/mol. The maximum Gasteiger partial charge on any atom is 0.346 e. The predicted octanol–water partition coefficient (Wildman–Crippen LogP) is 2.80. The lowest BCUT2D eigenvalue weighted by molar-refractivity contribution is -0.122. The van der Waals surface area contributed by atoms with Gasteiger partial charge < -0.3 is 5.32 Å². The van der Waals surface area contributed by atoms with Gasteiger partial charge in [-0.25, -0.2) is 9.48 Å². The first kappa shape index (κ1) is 20.3. The molecule has 4 rings (SSSR count). The molecule has 0 saturated carbocycles. The number of halogens is 1. The molecule has 8 heteroatoms. The number of nitrogens with one attached hydrogen (secondary N) is 1. The summed E-state index contributed by atoms with van der Waals surface area (Å²) < 4.78 is 3.25. The van der Waals surface area contributed by atoms with Gasteiger partial charge in [0, 0.05) is 43.3 Å². The Kier molecular flexibility index (Phi) is 6.28. The highest BCUT2D eigenvalue weighted by Gasteiger charge is 2.22. The van der Waals surface area contributed by atoms with Crippen molar-refractivity contribution in [2.24, 2.45) is 5.92 Å². The van der Waals surface area contributed by atoms with E-state index in [4.69, 9.17) is 11.6 Å². The Morgan fingerprint density at radius 1 is 1.20 bits per heavy atom. The van der Waals surface area contributed by atoms with Crippen molar-refractivity contribution in [2.75, 3.05) is 0 Å². The van der Waals surface area contributed by atoms with Crippen molar-refractivity contribution in [1.82, 2.24) is 24.6 Å². The molecule has 156 valence electrons. The number of amides is 1. The second kappa shape index (κ2) is 9.26. The van der Waals surface area contributed by atoms with Gasteiger partial charge in [0.05, 0.1) is 6.54 Å². The van der Waals surface area contributed by atoms with Crippen LogP contribution in [0.3, 0.4) is 0 Å². The number of aromatic nitrogens is 4. The first-order valence-electron chi connectivity index (χ1n) is 10.2. The minimum Gasteiger partial charge on any atom is -0.352 e. The van der Waals surface area contributed by atoms with Crippen LogP contribution >= 0.6 is 11.6 Å². The van der Waals surface area contributed by atoms with E-state index in [0.717, 1.165) is 29.8 Å². The molecular formula is C22H24ClN5O2. The molecule has 0 saturated heterocycles. The van der Waals surface area contributed by atoms with Gasteiger partial charge in [0.1, 0.15) is 5.82 Å². The third kappa shape index (κ3) is 4.79. The molecule has 3 heterocycles. The van der Waals surface area contributed by atoms with E-state index in [0.29, 0.717) is 37.5 Å². The zero-order chi connectivity index (χ0) is 20.9. The van der Waals surface area contributed by atoms with E-state index in [-0.39, 0.29) is 17.5 Å². The number of rotatable bonds is 6. The van der Waals surface area contributed by atoms with E-state index in [2.05, 4.69) is 15.4 Å². The molecule has 7 nitrogen and oxygen atoms in total. The third-order valence-electron chi connectivity index (χ3n) is 5.50. The highest BCUT2D eigenvalue weighted by molar-refractivity contribution is 6.31. The number of hydrogen-bond donors (Lipinski definition) is 1. The largest absolute Gasteiger partial charge is 0.352 e. The molecule has 0 radical (unpaired) electrons. The van der Waals surface area contributed by atoms with Crippen LogP contribution in [-0.2, 0) is 30.8 Å². The van der Waals surface area contributed by atoms with E-state index >= 15 is 0 Å². The van der Waals surface area contributed by atoms with Gasteiger partial charge in [0.2, 0.25) is 5.91 Å². The summed E-state index contributed by atoms with van der Waals surface area (Å²) in [6.45, 7) is 1.43. The number of carbonyl (C=O) groups excluding carboxylic acids is 1. The lowest BCUT2D eigenvalue weighted by Gasteiger charge is -2.14. The standard InChI is InChI=1S/C22H24ClN5O2/c23-19-6-2-1-5-18(19)14-25-21(29)12-16-7-8-20-26-28(22(30)27(20)11-9-16)15-17-4-3-10-24-13-17/h1-6,10,13,16H,7-9,11-12,14-15H2,(H,25,29). The van der Waals surface area contributed by atoms with Crippen LogP contribution in [0.15, 0.2) is 53.6 Å². The molecule has 1 N–H and O–H groups in total. The first-order chi connectivity index (χ1) is 14.6. The van der Waals surface area contributed by atoms with Crippen molar-refractivity contribution < 1.29 is 4.79 Å². The molecule has 0 spiro atoms. The molecule has 30 heavy (non-hydrogen) atoms. The zero-order valence-electron chi connectivity index (χ0n) is 16.6. The Labute approximate surface area is 179 Å². The van der Waals surface area contributed by atoms with Crippen LogP contribution in [0.5, 0.6) is 0 Å². The van der Waals surface area contributed by atoms with Crippen LogP contribution in [-0.4, -0.2) is 25.2 Å². The summed E-state index contributed by atoms with van der Waals surface area (Å²) in [5.74, 6) is 1.03. The minimum absolute atomic E-state index is 0.00782. The smallest absolute Gasteiger partial charge is 0.346 e. The highest BCUT2D eigenvalue weighted by atomic mass is 35.5. The number of nitrogens with zero attached hydrogens (tertiary/aromatic N) is 4. The monoisotopic (exact) mass is 425 g/mol. The fraction of sp³-hybridized carbons (Fsp3) is 0.364. The fourth-order valence-corrected chi connectivity index (χ4v) is 4.03. The summed E-state index contributed by atoms with van der Waals surface area (Å²) in [5.41, 5.74) is 1.75. The Morgan fingerprint density at radius 3 is 2.87 bits per heavy atom. The average molecular weight is 426 g/mol. The number of benzene rings is 1. The number of carbonyl (C=O) groups is 1. The average Bonchev–Trinajstić information content (AvgIpc) is 2.91. The normalized spacial score (nSPS) is 16.0. The quantitative estimate of drug-likeness (QED) is 0.658. The molecular weight excluding hydrogens is 402 g/mol. The third-order valence-corrected chi connectivity index (χ3v) is 5.87. The van der Waals surface area contributed by atoms with E-state index in [1.165, 1.54) is 4.68 Å². The van der Waals surface area contributed by atoms with E-state index < -0.39 is 0 Å². The first-order valence-corrected chi connectivity index (χ1v) is 10.5. The SMILES string of the molecule is O=C(CC1CCc2nn(Cc3cccnc3)c(=O)n2CC1)NCc1ccccc1Cl. The van der Waals surface area contributed by atoms with Gasteiger partial charge in [-0.15, -0.1) is 0 Å². The molecule has 0 fully saturated rings. The van der Waals surface area contributed by atoms with Crippen molar-refractivity contribution in [1.29, 1.82) is 0 Å². The molecule has 1 unspecified atom stereocenters. The van der Waals surface area contributed by atoms with Gasteiger partial charge in [-0.1, -0.05) is 35.9 Å².